The van der Waals surface area contributed by atoms with Crippen molar-refractivity contribution in [2.75, 3.05) is 31.1 Å². The summed E-state index contributed by atoms with van der Waals surface area (Å²) in [5.41, 5.74) is 5.35. The molecule has 0 spiro atoms. The van der Waals surface area contributed by atoms with Crippen molar-refractivity contribution in [3.63, 3.8) is 0 Å². The number of benzene rings is 1. The minimum atomic E-state index is -0.187. The van der Waals surface area contributed by atoms with Crippen LogP contribution in [-0.2, 0) is 24.1 Å². The third kappa shape index (κ3) is 4.74. The zero-order chi connectivity index (χ0) is 17.5. The van der Waals surface area contributed by atoms with Crippen LogP contribution < -0.4 is 21.5 Å². The standard InChI is InChI=1S/C18H24N6O/c19-23-17(25)13-15-3-1-14(2-4-15)5-6-16-18(22-8-7-21-16)24-11-9-20-10-12-24/h1-4,7-8,20H,5-6,9-13,19H2,(H,23,25). The van der Waals surface area contributed by atoms with Gasteiger partial charge in [0.25, 0.3) is 0 Å². The van der Waals surface area contributed by atoms with Crippen molar-refractivity contribution >= 4 is 11.7 Å². The van der Waals surface area contributed by atoms with Crippen LogP contribution in [0.5, 0.6) is 0 Å². The van der Waals surface area contributed by atoms with E-state index in [9.17, 15) is 4.79 Å². The van der Waals surface area contributed by atoms with E-state index in [2.05, 4.69) is 37.7 Å². The summed E-state index contributed by atoms with van der Waals surface area (Å²) >= 11 is 0. The molecule has 7 nitrogen and oxygen atoms in total. The molecule has 1 amide bonds. The SMILES string of the molecule is NNC(=O)Cc1ccc(CCc2nccnc2N2CCNCC2)cc1. The lowest BCUT2D eigenvalue weighted by atomic mass is 10.0. The molecule has 1 saturated heterocycles. The molecule has 0 bridgehead atoms. The van der Waals surface area contributed by atoms with Crippen LogP contribution in [0.25, 0.3) is 0 Å². The molecule has 3 rings (SSSR count). The number of hydrogen-bond donors (Lipinski definition) is 3. The predicted molar refractivity (Wildman–Crippen MR) is 97.0 cm³/mol. The number of aromatic nitrogens is 2. The Morgan fingerprint density at radius 2 is 1.76 bits per heavy atom. The van der Waals surface area contributed by atoms with E-state index in [0.29, 0.717) is 6.42 Å². The number of carbonyl (C=O) groups excluding carboxylic acids is 1. The molecular formula is C18H24N6O. The number of piperazine rings is 1. The number of nitrogens with one attached hydrogen (secondary N) is 2. The number of hydrogen-bond acceptors (Lipinski definition) is 6. The number of rotatable bonds is 6. The fourth-order valence-corrected chi connectivity index (χ4v) is 3.00. The van der Waals surface area contributed by atoms with Gasteiger partial charge in [-0.3, -0.25) is 15.2 Å². The average molecular weight is 340 g/mol. The first-order valence-corrected chi connectivity index (χ1v) is 8.59. The molecule has 7 heteroatoms. The van der Waals surface area contributed by atoms with Crippen molar-refractivity contribution in [1.82, 2.24) is 20.7 Å². The van der Waals surface area contributed by atoms with E-state index in [4.69, 9.17) is 5.84 Å². The highest BCUT2D eigenvalue weighted by atomic mass is 16.2. The Labute approximate surface area is 147 Å². The zero-order valence-corrected chi connectivity index (χ0v) is 14.2. The Morgan fingerprint density at radius 1 is 1.08 bits per heavy atom. The smallest absolute Gasteiger partial charge is 0.238 e. The fraction of sp³-hybridized carbons (Fsp3) is 0.389. The summed E-state index contributed by atoms with van der Waals surface area (Å²) in [5, 5.41) is 3.36. The fourth-order valence-electron chi connectivity index (χ4n) is 3.00. The number of nitrogens with two attached hydrogens (primary N) is 1. The lowest BCUT2D eigenvalue weighted by molar-refractivity contribution is -0.120. The van der Waals surface area contributed by atoms with Gasteiger partial charge < -0.3 is 10.2 Å². The van der Waals surface area contributed by atoms with E-state index < -0.39 is 0 Å². The summed E-state index contributed by atoms with van der Waals surface area (Å²) in [6, 6.07) is 8.05. The molecule has 0 aliphatic carbocycles. The second kappa shape index (κ2) is 8.55. The van der Waals surface area contributed by atoms with Gasteiger partial charge in [-0.15, -0.1) is 0 Å². The van der Waals surface area contributed by atoms with Gasteiger partial charge in [0.15, 0.2) is 0 Å². The maximum atomic E-state index is 11.3. The van der Waals surface area contributed by atoms with Crippen LogP contribution in [0.15, 0.2) is 36.7 Å². The Balaban J connectivity index is 1.62. The monoisotopic (exact) mass is 340 g/mol. The first-order valence-electron chi connectivity index (χ1n) is 8.59. The van der Waals surface area contributed by atoms with E-state index in [1.54, 1.807) is 12.4 Å². The molecule has 0 saturated carbocycles. The molecule has 1 aliphatic rings. The highest BCUT2D eigenvalue weighted by molar-refractivity contribution is 5.77. The normalized spacial score (nSPS) is 14.4. The maximum Gasteiger partial charge on any atom is 0.238 e. The minimum Gasteiger partial charge on any atom is -0.353 e. The van der Waals surface area contributed by atoms with E-state index in [-0.39, 0.29) is 5.91 Å². The number of hydrazine groups is 1. The number of carbonyl (C=O) groups is 1. The highest BCUT2D eigenvalue weighted by Gasteiger charge is 2.16. The molecule has 1 aliphatic heterocycles. The van der Waals surface area contributed by atoms with Crippen LogP contribution in [0.1, 0.15) is 16.8 Å². The topological polar surface area (TPSA) is 96.2 Å². The van der Waals surface area contributed by atoms with Gasteiger partial charge in [-0.25, -0.2) is 10.8 Å². The zero-order valence-electron chi connectivity index (χ0n) is 14.2. The average Bonchev–Trinajstić information content (AvgIpc) is 2.68. The van der Waals surface area contributed by atoms with Gasteiger partial charge in [0, 0.05) is 38.6 Å². The number of nitrogens with zero attached hydrogens (tertiary/aromatic N) is 3. The van der Waals surface area contributed by atoms with Crippen LogP contribution in [0.3, 0.4) is 0 Å². The van der Waals surface area contributed by atoms with Crippen molar-refractivity contribution < 1.29 is 4.79 Å². The van der Waals surface area contributed by atoms with Crippen molar-refractivity contribution in [2.24, 2.45) is 5.84 Å². The maximum absolute atomic E-state index is 11.3. The lowest BCUT2D eigenvalue weighted by Gasteiger charge is -2.29. The molecule has 0 unspecified atom stereocenters. The van der Waals surface area contributed by atoms with Crippen LogP contribution in [-0.4, -0.2) is 42.1 Å². The predicted octanol–water partition coefficient (Wildman–Crippen LogP) is 0.204. The van der Waals surface area contributed by atoms with Gasteiger partial charge in [0.2, 0.25) is 5.91 Å². The second-order valence-electron chi connectivity index (χ2n) is 6.12. The molecular weight excluding hydrogens is 316 g/mol. The number of aryl methyl sites for hydroxylation is 2. The summed E-state index contributed by atoms with van der Waals surface area (Å²) in [4.78, 5) is 22.7. The minimum absolute atomic E-state index is 0.187. The first kappa shape index (κ1) is 17.3. The third-order valence-electron chi connectivity index (χ3n) is 4.37. The van der Waals surface area contributed by atoms with Gasteiger partial charge in [-0.2, -0.15) is 0 Å². The van der Waals surface area contributed by atoms with Gasteiger partial charge in [0.1, 0.15) is 5.82 Å². The van der Waals surface area contributed by atoms with Crippen molar-refractivity contribution in [1.29, 1.82) is 0 Å². The molecule has 1 aromatic heterocycles. The van der Waals surface area contributed by atoms with E-state index in [0.717, 1.165) is 56.1 Å². The summed E-state index contributed by atoms with van der Waals surface area (Å²) in [6.07, 6.45) is 5.55. The van der Waals surface area contributed by atoms with Crippen LogP contribution in [0.4, 0.5) is 5.82 Å². The summed E-state index contributed by atoms with van der Waals surface area (Å²) in [5.74, 6) is 5.93. The molecule has 25 heavy (non-hydrogen) atoms. The van der Waals surface area contributed by atoms with Gasteiger partial charge in [-0.05, 0) is 24.0 Å². The lowest BCUT2D eigenvalue weighted by Crippen LogP contribution is -2.44. The summed E-state index contributed by atoms with van der Waals surface area (Å²) in [7, 11) is 0. The Morgan fingerprint density at radius 3 is 2.48 bits per heavy atom. The molecule has 1 fully saturated rings. The first-order chi connectivity index (χ1) is 12.3. The Kier molecular flexibility index (Phi) is 5.92. The van der Waals surface area contributed by atoms with Crippen LogP contribution >= 0.6 is 0 Å². The highest BCUT2D eigenvalue weighted by Crippen LogP contribution is 2.18. The van der Waals surface area contributed by atoms with Crippen LogP contribution in [0, 0.1) is 0 Å². The third-order valence-corrected chi connectivity index (χ3v) is 4.37. The van der Waals surface area contributed by atoms with E-state index in [1.165, 1.54) is 5.56 Å². The molecule has 0 atom stereocenters. The quantitative estimate of drug-likeness (QED) is 0.395. The summed E-state index contributed by atoms with van der Waals surface area (Å²) in [6.45, 7) is 3.88. The Hall–Kier alpha value is -2.51. The molecule has 1 aromatic carbocycles. The Bertz CT molecular complexity index is 697. The molecule has 4 N–H and O–H groups in total. The largest absolute Gasteiger partial charge is 0.353 e. The molecule has 0 radical (unpaired) electrons. The van der Waals surface area contributed by atoms with Gasteiger partial charge in [0.05, 0.1) is 12.1 Å². The van der Waals surface area contributed by atoms with Crippen molar-refractivity contribution in [3.05, 3.63) is 53.5 Å². The van der Waals surface area contributed by atoms with E-state index in [1.807, 2.05) is 12.1 Å². The van der Waals surface area contributed by atoms with E-state index >= 15 is 0 Å². The second-order valence-corrected chi connectivity index (χ2v) is 6.12. The summed E-state index contributed by atoms with van der Waals surface area (Å²) < 4.78 is 0. The number of amides is 1. The van der Waals surface area contributed by atoms with Crippen molar-refractivity contribution in [3.8, 4) is 0 Å². The van der Waals surface area contributed by atoms with Crippen LogP contribution in [0.2, 0.25) is 0 Å². The molecule has 132 valence electrons. The molecule has 2 aromatic rings. The van der Waals surface area contributed by atoms with Gasteiger partial charge in [-0.1, -0.05) is 24.3 Å². The van der Waals surface area contributed by atoms with Crippen molar-refractivity contribution in [2.45, 2.75) is 19.3 Å². The van der Waals surface area contributed by atoms with Gasteiger partial charge >= 0.3 is 0 Å². The number of anilines is 1. The molecule has 2 heterocycles.